The number of hydrogen-bond donors (Lipinski definition) is 1. The number of anilines is 1. The third-order valence-electron chi connectivity index (χ3n) is 5.53. The topological polar surface area (TPSA) is 76.7 Å². The maximum absolute atomic E-state index is 14.5. The summed E-state index contributed by atoms with van der Waals surface area (Å²) in [5, 5.41) is 11.1. The molecule has 0 radical (unpaired) electrons. The van der Waals surface area contributed by atoms with Gasteiger partial charge in [0.25, 0.3) is 0 Å². The smallest absolute Gasteiger partial charge is 0.228 e. The number of aromatic nitrogens is 4. The SMILES string of the molecule is CCN1CCC1.COc1cnn(C)c1-c1cc2cc(NC(=O)C3CC3)nn2cc1F. The molecule has 1 aliphatic carbocycles. The Hall–Kier alpha value is -2.94. The highest BCUT2D eigenvalue weighted by Crippen LogP contribution is 2.33. The van der Waals surface area contributed by atoms with Gasteiger partial charge in [0.05, 0.1) is 25.0 Å². The van der Waals surface area contributed by atoms with Crippen LogP contribution in [0, 0.1) is 11.7 Å². The summed E-state index contributed by atoms with van der Waals surface area (Å²) in [5.74, 6) is 0.503. The third-order valence-corrected chi connectivity index (χ3v) is 5.53. The van der Waals surface area contributed by atoms with Crippen LogP contribution in [0.15, 0.2) is 24.5 Å². The predicted molar refractivity (Wildman–Crippen MR) is 112 cm³/mol. The van der Waals surface area contributed by atoms with E-state index in [1.807, 2.05) is 0 Å². The summed E-state index contributed by atoms with van der Waals surface area (Å²) in [6.07, 6.45) is 6.07. The summed E-state index contributed by atoms with van der Waals surface area (Å²) in [6.45, 7) is 6.14. The molecule has 1 N–H and O–H groups in total. The number of pyridine rings is 1. The number of likely N-dealkylation sites (tertiary alicyclic amines) is 1. The van der Waals surface area contributed by atoms with Gasteiger partial charge in [-0.1, -0.05) is 6.92 Å². The van der Waals surface area contributed by atoms with Crippen LogP contribution in [0.1, 0.15) is 26.2 Å². The van der Waals surface area contributed by atoms with Gasteiger partial charge in [0, 0.05) is 24.6 Å². The monoisotopic (exact) mass is 414 g/mol. The van der Waals surface area contributed by atoms with Crippen molar-refractivity contribution >= 4 is 17.2 Å². The van der Waals surface area contributed by atoms with Crippen molar-refractivity contribution < 1.29 is 13.9 Å². The van der Waals surface area contributed by atoms with E-state index in [1.54, 1.807) is 23.9 Å². The number of amides is 1. The van der Waals surface area contributed by atoms with Crippen molar-refractivity contribution in [3.05, 3.63) is 30.3 Å². The highest BCUT2D eigenvalue weighted by molar-refractivity contribution is 5.93. The molecule has 4 heterocycles. The van der Waals surface area contributed by atoms with E-state index in [4.69, 9.17) is 4.74 Å². The number of aryl methyl sites for hydroxylation is 1. The molecule has 160 valence electrons. The van der Waals surface area contributed by atoms with Crippen LogP contribution in [0.4, 0.5) is 10.2 Å². The fraction of sp³-hybridized carbons (Fsp3) is 0.476. The molecule has 3 aromatic rings. The van der Waals surface area contributed by atoms with Gasteiger partial charge < -0.3 is 15.0 Å². The van der Waals surface area contributed by atoms with E-state index in [1.165, 1.54) is 50.1 Å². The Labute approximate surface area is 174 Å². The van der Waals surface area contributed by atoms with Gasteiger partial charge in [-0.15, -0.1) is 5.10 Å². The van der Waals surface area contributed by atoms with Crippen molar-refractivity contribution in [1.29, 1.82) is 0 Å². The van der Waals surface area contributed by atoms with Crippen LogP contribution >= 0.6 is 0 Å². The van der Waals surface area contributed by atoms with Gasteiger partial charge in [0.2, 0.25) is 5.91 Å². The molecule has 9 heteroatoms. The van der Waals surface area contributed by atoms with E-state index in [2.05, 4.69) is 27.3 Å². The molecule has 0 unspecified atom stereocenters. The number of carbonyl (C=O) groups excluding carboxylic acids is 1. The Balaban J connectivity index is 0.000000313. The van der Waals surface area contributed by atoms with E-state index in [0.29, 0.717) is 28.3 Å². The Morgan fingerprint density at radius 1 is 1.33 bits per heavy atom. The molecule has 1 amide bonds. The molecule has 0 bridgehead atoms. The van der Waals surface area contributed by atoms with Crippen LogP contribution in [-0.2, 0) is 11.8 Å². The molecule has 3 aromatic heterocycles. The maximum atomic E-state index is 14.5. The van der Waals surface area contributed by atoms with Crippen LogP contribution in [0.5, 0.6) is 5.75 Å². The molecular weight excluding hydrogens is 387 g/mol. The molecule has 8 nitrogen and oxygen atoms in total. The average Bonchev–Trinajstić information content (AvgIpc) is 3.37. The molecule has 1 aliphatic heterocycles. The zero-order chi connectivity index (χ0) is 21.3. The molecule has 2 aliphatic rings. The summed E-state index contributed by atoms with van der Waals surface area (Å²) < 4.78 is 22.8. The van der Waals surface area contributed by atoms with Crippen LogP contribution < -0.4 is 10.1 Å². The lowest BCUT2D eigenvalue weighted by Gasteiger charge is -2.28. The van der Waals surface area contributed by atoms with Gasteiger partial charge in [0.15, 0.2) is 17.4 Å². The van der Waals surface area contributed by atoms with Crippen LogP contribution in [0.25, 0.3) is 16.8 Å². The number of methoxy groups -OCH3 is 1. The van der Waals surface area contributed by atoms with E-state index < -0.39 is 5.82 Å². The maximum Gasteiger partial charge on any atom is 0.228 e. The number of carbonyl (C=O) groups is 1. The standard InChI is InChI=1S/C16H16FN5O2.C5H11N/c1-21-15(13(24-2)7-18-21)11-5-10-6-14(19-16(23)9-3-4-9)20-22(10)8-12(11)17;1-2-6-4-3-5-6/h5-9H,3-4H2,1-2H3,(H,19,20,23);2-5H2,1H3. The molecule has 0 atom stereocenters. The second kappa shape index (κ2) is 8.43. The quantitative estimate of drug-likeness (QED) is 0.695. The Kier molecular flexibility index (Phi) is 5.72. The molecule has 0 aromatic carbocycles. The van der Waals surface area contributed by atoms with Crippen LogP contribution in [0.3, 0.4) is 0 Å². The summed E-state index contributed by atoms with van der Waals surface area (Å²) in [5.41, 5.74) is 1.57. The predicted octanol–water partition coefficient (Wildman–Crippen LogP) is 2.94. The van der Waals surface area contributed by atoms with Gasteiger partial charge in [-0.05, 0) is 45.0 Å². The first-order valence-corrected chi connectivity index (χ1v) is 10.3. The number of halogens is 1. The second-order valence-corrected chi connectivity index (χ2v) is 7.67. The number of hydrogen-bond acceptors (Lipinski definition) is 5. The Morgan fingerprint density at radius 2 is 2.10 bits per heavy atom. The van der Waals surface area contributed by atoms with Crippen LogP contribution in [0.2, 0.25) is 0 Å². The fourth-order valence-electron chi connectivity index (χ4n) is 3.40. The van der Waals surface area contributed by atoms with Gasteiger partial charge in [-0.25, -0.2) is 8.91 Å². The molecule has 1 saturated heterocycles. The zero-order valence-electron chi connectivity index (χ0n) is 17.6. The lowest BCUT2D eigenvalue weighted by atomic mass is 10.1. The van der Waals surface area contributed by atoms with Crippen molar-refractivity contribution in [3.8, 4) is 17.0 Å². The van der Waals surface area contributed by atoms with Gasteiger partial charge >= 0.3 is 0 Å². The van der Waals surface area contributed by atoms with Crippen molar-refractivity contribution in [2.24, 2.45) is 13.0 Å². The van der Waals surface area contributed by atoms with E-state index in [9.17, 15) is 9.18 Å². The average molecular weight is 414 g/mol. The minimum atomic E-state index is -0.451. The van der Waals surface area contributed by atoms with Gasteiger partial charge in [-0.3, -0.25) is 9.48 Å². The van der Waals surface area contributed by atoms with Crippen molar-refractivity contribution in [2.45, 2.75) is 26.2 Å². The number of nitrogens with one attached hydrogen (secondary N) is 1. The third kappa shape index (κ3) is 4.16. The molecule has 1 saturated carbocycles. The first-order valence-electron chi connectivity index (χ1n) is 10.3. The minimum Gasteiger partial charge on any atom is -0.493 e. The highest BCUT2D eigenvalue weighted by atomic mass is 19.1. The Bertz CT molecular complexity index is 1050. The first kappa shape index (κ1) is 20.3. The number of ether oxygens (including phenoxy) is 1. The van der Waals surface area contributed by atoms with Crippen molar-refractivity contribution in [1.82, 2.24) is 24.3 Å². The fourth-order valence-corrected chi connectivity index (χ4v) is 3.40. The van der Waals surface area contributed by atoms with E-state index >= 15 is 0 Å². The van der Waals surface area contributed by atoms with Crippen LogP contribution in [-0.4, -0.2) is 56.9 Å². The number of fused-ring (bicyclic) bond motifs is 1. The van der Waals surface area contributed by atoms with Crippen molar-refractivity contribution in [2.75, 3.05) is 32.1 Å². The van der Waals surface area contributed by atoms with E-state index in [-0.39, 0.29) is 11.8 Å². The molecule has 0 spiro atoms. The summed E-state index contributed by atoms with van der Waals surface area (Å²) in [4.78, 5) is 14.3. The summed E-state index contributed by atoms with van der Waals surface area (Å²) in [7, 11) is 3.24. The van der Waals surface area contributed by atoms with Crippen molar-refractivity contribution in [3.63, 3.8) is 0 Å². The molecule has 30 heavy (non-hydrogen) atoms. The Morgan fingerprint density at radius 3 is 2.67 bits per heavy atom. The lowest BCUT2D eigenvalue weighted by molar-refractivity contribution is -0.117. The second-order valence-electron chi connectivity index (χ2n) is 7.67. The first-order chi connectivity index (χ1) is 14.5. The van der Waals surface area contributed by atoms with Gasteiger partial charge in [-0.2, -0.15) is 5.10 Å². The highest BCUT2D eigenvalue weighted by Gasteiger charge is 2.30. The molecule has 2 fully saturated rings. The largest absolute Gasteiger partial charge is 0.493 e. The minimum absolute atomic E-state index is 0.0348. The summed E-state index contributed by atoms with van der Waals surface area (Å²) in [6, 6.07) is 3.38. The molecular formula is C21H27FN6O2. The normalized spacial score (nSPS) is 16.0. The van der Waals surface area contributed by atoms with Gasteiger partial charge in [0.1, 0.15) is 5.69 Å². The summed E-state index contributed by atoms with van der Waals surface area (Å²) >= 11 is 0. The lowest BCUT2D eigenvalue weighted by Crippen LogP contribution is -2.36. The molecule has 5 rings (SSSR count). The van der Waals surface area contributed by atoms with E-state index in [0.717, 1.165) is 12.8 Å². The zero-order valence-corrected chi connectivity index (χ0v) is 17.6. The number of nitrogens with zero attached hydrogens (tertiary/aromatic N) is 5. The number of rotatable bonds is 5.